The van der Waals surface area contributed by atoms with Crippen LogP contribution < -0.4 is 19.9 Å². The normalized spacial score (nSPS) is 24.0. The van der Waals surface area contributed by atoms with Crippen molar-refractivity contribution >= 4 is 28.9 Å². The molecule has 1 saturated carbocycles. The predicted octanol–water partition coefficient (Wildman–Crippen LogP) is 8.00. The molecule has 7 heterocycles. The third-order valence-corrected chi connectivity index (χ3v) is 14.5. The van der Waals surface area contributed by atoms with E-state index >= 15 is 0 Å². The number of hydrogen-bond donors (Lipinski definition) is 1. The van der Waals surface area contributed by atoms with E-state index in [1.54, 1.807) is 4.90 Å². The number of amides is 2. The van der Waals surface area contributed by atoms with Crippen molar-refractivity contribution in [3.05, 3.63) is 82.8 Å². The van der Waals surface area contributed by atoms with Crippen molar-refractivity contribution in [2.75, 3.05) is 69.3 Å². The van der Waals surface area contributed by atoms with E-state index < -0.39 is 24.8 Å². The van der Waals surface area contributed by atoms with Gasteiger partial charge in [0.25, 0.3) is 0 Å². The molecule has 1 N–H and O–H groups in total. The summed E-state index contributed by atoms with van der Waals surface area (Å²) in [4.78, 5) is 44.5. The smallest absolute Gasteiger partial charge is 0.401 e. The van der Waals surface area contributed by atoms with Crippen molar-refractivity contribution in [3.63, 3.8) is 0 Å². The molecule has 65 heavy (non-hydrogen) atoms. The van der Waals surface area contributed by atoms with Crippen LogP contribution in [0.4, 0.5) is 24.5 Å². The molecule has 4 atom stereocenters. The number of hydrogen-bond acceptors (Lipinski definition) is 10. The highest BCUT2D eigenvalue weighted by Crippen LogP contribution is 2.53. The molecule has 3 unspecified atom stereocenters. The Hall–Kier alpha value is -5.13. The van der Waals surface area contributed by atoms with Crippen LogP contribution in [0.3, 0.4) is 0 Å². The first-order valence-electron chi connectivity index (χ1n) is 23.7. The number of benzene rings is 1. The van der Waals surface area contributed by atoms with Crippen LogP contribution >= 0.6 is 0 Å². The Morgan fingerprint density at radius 2 is 1.78 bits per heavy atom. The molecule has 1 aliphatic carbocycles. The average Bonchev–Trinajstić information content (AvgIpc) is 3.29. The van der Waals surface area contributed by atoms with Gasteiger partial charge in [0.2, 0.25) is 17.7 Å². The second-order valence-electron chi connectivity index (χ2n) is 18.4. The minimum Gasteiger partial charge on any atom is -0.474 e. The van der Waals surface area contributed by atoms with Gasteiger partial charge in [0.15, 0.2) is 0 Å². The lowest BCUT2D eigenvalue weighted by molar-refractivity contribution is -0.155. The summed E-state index contributed by atoms with van der Waals surface area (Å²) >= 11 is 0. The zero-order valence-corrected chi connectivity index (χ0v) is 39.3. The second kappa shape index (κ2) is 19.8. The number of imide groups is 1. The molecule has 2 amide bonds. The van der Waals surface area contributed by atoms with E-state index in [0.717, 1.165) is 85.7 Å². The van der Waals surface area contributed by atoms with Crippen LogP contribution in [-0.2, 0) is 16.0 Å². The quantitative estimate of drug-likeness (QED) is 0.177. The summed E-state index contributed by atoms with van der Waals surface area (Å²) in [6.07, 6.45) is 9.33. The van der Waals surface area contributed by atoms with Crippen LogP contribution in [0.2, 0.25) is 0 Å². The number of likely N-dealkylation sites (N-methyl/N-ethyl adjacent to an activating group) is 1. The van der Waals surface area contributed by atoms with Gasteiger partial charge in [-0.25, -0.2) is 4.98 Å². The van der Waals surface area contributed by atoms with Gasteiger partial charge in [-0.15, -0.1) is 6.42 Å². The highest BCUT2D eigenvalue weighted by molar-refractivity contribution is 6.00. The number of halogens is 3. The van der Waals surface area contributed by atoms with E-state index in [2.05, 4.69) is 38.6 Å². The number of fused-ring (bicyclic) bond motifs is 4. The van der Waals surface area contributed by atoms with E-state index in [-0.39, 0.29) is 23.9 Å². The Kier molecular flexibility index (Phi) is 14.5. The fraction of sp³-hybridized carbons (Fsp3) is 0.569. The van der Waals surface area contributed by atoms with Gasteiger partial charge in [0.1, 0.15) is 18.3 Å². The molecule has 14 heteroatoms. The van der Waals surface area contributed by atoms with Crippen molar-refractivity contribution in [3.8, 4) is 18.2 Å². The summed E-state index contributed by atoms with van der Waals surface area (Å²) in [5.41, 5.74) is 7.74. The van der Waals surface area contributed by atoms with Gasteiger partial charge in [-0.05, 0) is 105 Å². The fourth-order valence-corrected chi connectivity index (χ4v) is 11.2. The molecule has 2 aromatic heterocycles. The van der Waals surface area contributed by atoms with Crippen molar-refractivity contribution in [2.24, 2.45) is 11.3 Å². The summed E-state index contributed by atoms with van der Waals surface area (Å²) in [5.74, 6) is 3.51. The Morgan fingerprint density at radius 3 is 2.45 bits per heavy atom. The number of piperazine rings is 1. The van der Waals surface area contributed by atoms with Crippen molar-refractivity contribution in [1.82, 2.24) is 30.0 Å². The van der Waals surface area contributed by atoms with Gasteiger partial charge in [0.05, 0.1) is 47.6 Å². The number of aromatic nitrogens is 2. The maximum Gasteiger partial charge on any atom is 0.401 e. The molecular formula is C51H67F3N8O3. The summed E-state index contributed by atoms with van der Waals surface area (Å²) in [6, 6.07) is 10.6. The number of pyridine rings is 2. The molecule has 4 fully saturated rings. The molecule has 11 nitrogen and oxygen atoms in total. The summed E-state index contributed by atoms with van der Waals surface area (Å²) in [7, 11) is 1.81. The molecule has 1 aromatic carbocycles. The van der Waals surface area contributed by atoms with E-state index in [1.165, 1.54) is 17.7 Å². The minimum atomic E-state index is -4.34. The highest BCUT2D eigenvalue weighted by atomic mass is 19.4. The number of anilines is 2. The number of nitrogens with one attached hydrogen (secondary N) is 1. The zero-order valence-electron chi connectivity index (χ0n) is 39.3. The number of aryl methyl sites for hydroxylation is 1. The maximum atomic E-state index is 13.9. The van der Waals surface area contributed by atoms with E-state index in [4.69, 9.17) is 21.1 Å². The molecule has 3 saturated heterocycles. The van der Waals surface area contributed by atoms with Crippen LogP contribution in [-0.4, -0.2) is 120 Å². The molecule has 0 bridgehead atoms. The van der Waals surface area contributed by atoms with Crippen molar-refractivity contribution in [2.45, 2.75) is 117 Å². The Balaban J connectivity index is 0.00000153. The van der Waals surface area contributed by atoms with Crippen molar-refractivity contribution < 1.29 is 27.5 Å². The van der Waals surface area contributed by atoms with Crippen LogP contribution in [0.1, 0.15) is 113 Å². The average molecular weight is 897 g/mol. The Morgan fingerprint density at radius 1 is 1.05 bits per heavy atom. The largest absolute Gasteiger partial charge is 0.474 e. The first-order valence-corrected chi connectivity index (χ1v) is 23.7. The molecule has 6 aliphatic rings. The lowest BCUT2D eigenvalue weighted by atomic mass is 9.57. The molecule has 1 spiro atoms. The number of alkyl halides is 3. The Labute approximate surface area is 383 Å². The lowest BCUT2D eigenvalue weighted by Gasteiger charge is -2.54. The topological polar surface area (TPSA) is 97.4 Å². The zero-order chi connectivity index (χ0) is 46.8. The lowest BCUT2D eigenvalue weighted by Crippen LogP contribution is -2.59. The predicted molar refractivity (Wildman–Crippen MR) is 251 cm³/mol. The van der Waals surface area contributed by atoms with Crippen LogP contribution in [0.5, 0.6) is 5.88 Å². The number of nitrogens with zero attached hydrogens (tertiary/aromatic N) is 7. The van der Waals surface area contributed by atoms with Crippen LogP contribution in [0.25, 0.3) is 5.70 Å². The summed E-state index contributed by atoms with van der Waals surface area (Å²) < 4.78 is 48.0. The highest BCUT2D eigenvalue weighted by Gasteiger charge is 2.47. The number of piperidine rings is 2. The third-order valence-electron chi connectivity index (χ3n) is 14.5. The number of rotatable bonds is 8. The van der Waals surface area contributed by atoms with Gasteiger partial charge in [-0.2, -0.15) is 13.2 Å². The third kappa shape index (κ3) is 9.87. The first kappa shape index (κ1) is 47.8. The summed E-state index contributed by atoms with van der Waals surface area (Å²) in [6.45, 7) is 21.3. The Bertz CT molecular complexity index is 2240. The molecule has 0 radical (unpaired) electrons. The summed E-state index contributed by atoms with van der Waals surface area (Å²) in [5, 5.41) is 2.42. The maximum absolute atomic E-state index is 13.9. The number of carbonyl (C=O) groups is 2. The number of ether oxygens (including phenoxy) is 1. The minimum absolute atomic E-state index is 0.245. The fourth-order valence-electron chi connectivity index (χ4n) is 11.2. The van der Waals surface area contributed by atoms with E-state index in [9.17, 15) is 22.8 Å². The van der Waals surface area contributed by atoms with Crippen molar-refractivity contribution in [1.29, 1.82) is 0 Å². The molecule has 3 aromatic rings. The molecular weight excluding hydrogens is 830 g/mol. The van der Waals surface area contributed by atoms with Gasteiger partial charge in [0, 0.05) is 64.3 Å². The molecule has 9 rings (SSSR count). The SMILES string of the molecule is C#Cc1c(C)ccc2c1CC(C)N(CC(F)(F)F)[C@@H]2c1ccc(N2CCC3(CC2)CC(CN2CCN4c5ccc(C(=C)N(C)C6CCC(=O)NC6=O)nc5OCC4C2)C3)cn1.CC.CC. The van der Waals surface area contributed by atoms with Gasteiger partial charge in [-0.3, -0.25) is 29.7 Å². The number of carbonyl (C=O) groups excluding carboxylic acids is 2. The first-order chi connectivity index (χ1) is 31.2. The van der Waals surface area contributed by atoms with Crippen LogP contribution in [0, 0.1) is 30.6 Å². The molecule has 5 aliphatic heterocycles. The standard InChI is InChI=1S/C47H55F3N8O3.2C2H6/c1-6-35-29(2)7-9-36-37(35)21-30(3)58(28-47(48,49)50)43(36)39-10-8-33(24-51-39)56-17-15-46(16-18-56)22-32(23-46)25-55-19-20-57-34(26-55)27-61-45-41(57)12-11-38(52-45)31(4)54(5)40-13-14-42(59)53-44(40)60;2*1-2/h1,7-12,24,30,32,34,40,43H,4,13-23,25-28H2,2-3,5H3,(H,53,59,60);2*1-2H3/t30?,34?,40?,43-;;/m0../s1. The van der Waals surface area contributed by atoms with Crippen LogP contribution in [0.15, 0.2) is 49.2 Å². The van der Waals surface area contributed by atoms with E-state index in [0.29, 0.717) is 60.2 Å². The van der Waals surface area contributed by atoms with Gasteiger partial charge in [-0.1, -0.05) is 52.3 Å². The number of terminal acetylenes is 1. The van der Waals surface area contributed by atoms with Gasteiger partial charge < -0.3 is 19.4 Å². The van der Waals surface area contributed by atoms with Gasteiger partial charge >= 0.3 is 6.18 Å². The molecule has 350 valence electrons. The second-order valence-corrected chi connectivity index (χ2v) is 18.4. The monoisotopic (exact) mass is 897 g/mol. The van der Waals surface area contributed by atoms with E-state index in [1.807, 2.05) is 85.1 Å².